The molecule has 5 atom stereocenters. The van der Waals surface area contributed by atoms with Crippen LogP contribution in [0.1, 0.15) is 19.8 Å². The monoisotopic (exact) mass is 310 g/mol. The Bertz CT molecular complexity index is 285. The van der Waals surface area contributed by atoms with Crippen LogP contribution in [0.5, 0.6) is 0 Å². The zero-order valence-electron chi connectivity index (χ0n) is 12.5. The summed E-state index contributed by atoms with van der Waals surface area (Å²) in [6.07, 6.45) is -2.22. The van der Waals surface area contributed by atoms with Crippen molar-refractivity contribution in [1.82, 2.24) is 0 Å². The molecule has 1 heterocycles. The van der Waals surface area contributed by atoms with Crippen molar-refractivity contribution in [2.24, 2.45) is 0 Å². The number of aliphatic hydroxyl groups is 4. The summed E-state index contributed by atoms with van der Waals surface area (Å²) in [5.41, 5.74) is 0. The van der Waals surface area contributed by atoms with E-state index in [9.17, 15) is 10.2 Å². The summed E-state index contributed by atoms with van der Waals surface area (Å²) in [6, 6.07) is 0. The van der Waals surface area contributed by atoms with Crippen LogP contribution in [0, 0.1) is 0 Å². The molecule has 126 valence electrons. The highest BCUT2D eigenvalue weighted by Crippen LogP contribution is 2.32. The van der Waals surface area contributed by atoms with E-state index in [0.717, 1.165) is 0 Å². The van der Waals surface area contributed by atoms with Gasteiger partial charge >= 0.3 is 0 Å². The number of methoxy groups -OCH3 is 1. The molecule has 1 saturated heterocycles. The van der Waals surface area contributed by atoms with Gasteiger partial charge in [-0.1, -0.05) is 6.92 Å². The third kappa shape index (κ3) is 5.11. The van der Waals surface area contributed by atoms with Crippen LogP contribution in [0.3, 0.4) is 0 Å². The van der Waals surface area contributed by atoms with E-state index in [4.69, 9.17) is 29.2 Å². The Morgan fingerprint density at radius 1 is 1.29 bits per heavy atom. The van der Waals surface area contributed by atoms with Gasteiger partial charge in [-0.3, -0.25) is 0 Å². The minimum absolute atomic E-state index is 0.0792. The number of hydrogen-bond donors (Lipinski definition) is 4. The lowest BCUT2D eigenvalue weighted by Crippen LogP contribution is -2.41. The van der Waals surface area contributed by atoms with E-state index >= 15 is 0 Å². The van der Waals surface area contributed by atoms with Crippen molar-refractivity contribution in [3.8, 4) is 0 Å². The lowest BCUT2D eigenvalue weighted by molar-refractivity contribution is -0.279. The molecule has 1 unspecified atom stereocenters. The largest absolute Gasteiger partial charge is 0.394 e. The van der Waals surface area contributed by atoms with Gasteiger partial charge in [0.1, 0.15) is 12.7 Å². The van der Waals surface area contributed by atoms with E-state index in [1.807, 2.05) is 6.92 Å². The van der Waals surface area contributed by atoms with Crippen LogP contribution in [0.2, 0.25) is 0 Å². The molecule has 0 aromatic rings. The number of rotatable bonds is 10. The molecule has 4 N–H and O–H groups in total. The van der Waals surface area contributed by atoms with Gasteiger partial charge in [0.25, 0.3) is 0 Å². The van der Waals surface area contributed by atoms with Crippen LogP contribution in [0.15, 0.2) is 0 Å². The Morgan fingerprint density at radius 2 is 2.00 bits per heavy atom. The lowest BCUT2D eigenvalue weighted by atomic mass is 10.1. The Hall–Kier alpha value is -0.320. The molecule has 0 amide bonds. The van der Waals surface area contributed by atoms with E-state index in [2.05, 4.69) is 0 Å². The van der Waals surface area contributed by atoms with Gasteiger partial charge in [-0.15, -0.1) is 0 Å². The van der Waals surface area contributed by atoms with Crippen molar-refractivity contribution in [3.63, 3.8) is 0 Å². The molecule has 0 aromatic carbocycles. The number of aliphatic hydroxyl groups excluding tert-OH is 4. The standard InChI is InChI=1S/C13H26O8/c1-3-9(5-14)20-12(7-16)19-8-13(18-2)4-10(17)11(6-15)21-13/h9-12,14-17H,3-8H2,1-2H3/t9-,10-,11-,12?,13+/m1/s1. The van der Waals surface area contributed by atoms with Crippen molar-refractivity contribution < 1.29 is 39.4 Å². The van der Waals surface area contributed by atoms with Gasteiger partial charge < -0.3 is 39.4 Å². The van der Waals surface area contributed by atoms with Gasteiger partial charge in [-0.2, -0.15) is 0 Å². The first-order valence-electron chi connectivity index (χ1n) is 7.04. The molecule has 0 aliphatic carbocycles. The third-order valence-corrected chi connectivity index (χ3v) is 3.51. The summed E-state index contributed by atoms with van der Waals surface area (Å²) in [6.45, 7) is 0.878. The zero-order chi connectivity index (χ0) is 15.9. The van der Waals surface area contributed by atoms with E-state index < -0.39 is 30.4 Å². The number of ether oxygens (including phenoxy) is 4. The number of hydrogen-bond acceptors (Lipinski definition) is 8. The fraction of sp³-hybridized carbons (Fsp3) is 1.00. The summed E-state index contributed by atoms with van der Waals surface area (Å²) in [4.78, 5) is 0. The molecule has 0 spiro atoms. The van der Waals surface area contributed by atoms with Crippen LogP contribution in [0.4, 0.5) is 0 Å². The maximum atomic E-state index is 9.77. The molecular weight excluding hydrogens is 284 g/mol. The van der Waals surface area contributed by atoms with Crippen molar-refractivity contribution in [3.05, 3.63) is 0 Å². The molecule has 0 radical (unpaired) electrons. The van der Waals surface area contributed by atoms with Crippen LogP contribution >= 0.6 is 0 Å². The third-order valence-electron chi connectivity index (χ3n) is 3.51. The van der Waals surface area contributed by atoms with E-state index in [1.165, 1.54) is 7.11 Å². The highest BCUT2D eigenvalue weighted by Gasteiger charge is 2.46. The molecule has 1 aliphatic rings. The first kappa shape index (κ1) is 18.7. The average Bonchev–Trinajstić information content (AvgIpc) is 2.84. The molecule has 1 fully saturated rings. The van der Waals surface area contributed by atoms with Gasteiger partial charge in [0, 0.05) is 13.5 Å². The molecule has 0 aromatic heterocycles. The fourth-order valence-corrected chi connectivity index (χ4v) is 2.13. The first-order chi connectivity index (χ1) is 10.0. The second kappa shape index (κ2) is 8.96. The molecule has 21 heavy (non-hydrogen) atoms. The second-order valence-electron chi connectivity index (χ2n) is 5.00. The highest BCUT2D eigenvalue weighted by atomic mass is 16.8. The fourth-order valence-electron chi connectivity index (χ4n) is 2.13. The van der Waals surface area contributed by atoms with Crippen LogP contribution < -0.4 is 0 Å². The van der Waals surface area contributed by atoms with Crippen LogP contribution in [-0.2, 0) is 18.9 Å². The Labute approximate surface area is 124 Å². The van der Waals surface area contributed by atoms with Crippen LogP contribution in [-0.4, -0.2) is 84.4 Å². The summed E-state index contributed by atoms with van der Waals surface area (Å²) in [5, 5.41) is 37.2. The lowest BCUT2D eigenvalue weighted by Gasteiger charge is -2.30. The molecule has 0 bridgehead atoms. The predicted molar refractivity (Wildman–Crippen MR) is 71.4 cm³/mol. The van der Waals surface area contributed by atoms with Crippen LogP contribution in [0.25, 0.3) is 0 Å². The molecule has 8 nitrogen and oxygen atoms in total. The van der Waals surface area contributed by atoms with Gasteiger partial charge in [-0.05, 0) is 6.42 Å². The minimum atomic E-state index is -1.19. The van der Waals surface area contributed by atoms with Gasteiger partial charge in [0.05, 0.1) is 32.0 Å². The highest BCUT2D eigenvalue weighted by molar-refractivity contribution is 4.88. The molecule has 1 aliphatic heterocycles. The molecular formula is C13H26O8. The summed E-state index contributed by atoms with van der Waals surface area (Å²) >= 11 is 0. The summed E-state index contributed by atoms with van der Waals surface area (Å²) < 4.78 is 21.5. The Balaban J connectivity index is 2.53. The molecule has 1 rings (SSSR count). The van der Waals surface area contributed by atoms with Crippen molar-refractivity contribution in [2.75, 3.05) is 33.5 Å². The summed E-state index contributed by atoms with van der Waals surface area (Å²) in [5.74, 6) is -1.19. The first-order valence-corrected chi connectivity index (χ1v) is 7.04. The second-order valence-corrected chi connectivity index (χ2v) is 5.00. The van der Waals surface area contributed by atoms with Crippen molar-refractivity contribution in [1.29, 1.82) is 0 Å². The SMILES string of the molecule is CC[C@H](CO)OC(CO)OC[C@]1(OC)C[C@@H](O)[C@@H](CO)O1. The maximum absolute atomic E-state index is 9.77. The Morgan fingerprint density at radius 3 is 2.43 bits per heavy atom. The summed E-state index contributed by atoms with van der Waals surface area (Å²) in [7, 11) is 1.41. The van der Waals surface area contributed by atoms with E-state index in [0.29, 0.717) is 6.42 Å². The van der Waals surface area contributed by atoms with Crippen molar-refractivity contribution in [2.45, 2.75) is 50.2 Å². The molecule has 8 heteroatoms. The topological polar surface area (TPSA) is 118 Å². The van der Waals surface area contributed by atoms with E-state index in [-0.39, 0.29) is 32.8 Å². The smallest absolute Gasteiger partial charge is 0.194 e. The van der Waals surface area contributed by atoms with Gasteiger partial charge in [0.15, 0.2) is 12.1 Å². The average molecular weight is 310 g/mol. The van der Waals surface area contributed by atoms with Crippen molar-refractivity contribution >= 4 is 0 Å². The van der Waals surface area contributed by atoms with E-state index in [1.54, 1.807) is 0 Å². The maximum Gasteiger partial charge on any atom is 0.194 e. The zero-order valence-corrected chi connectivity index (χ0v) is 12.5. The predicted octanol–water partition coefficient (Wildman–Crippen LogP) is -1.41. The quantitative estimate of drug-likeness (QED) is 0.364. The van der Waals surface area contributed by atoms with Gasteiger partial charge in [-0.25, -0.2) is 0 Å². The normalized spacial score (nSPS) is 32.3. The molecule has 0 saturated carbocycles. The Kier molecular flexibility index (Phi) is 7.99. The van der Waals surface area contributed by atoms with Gasteiger partial charge in [0.2, 0.25) is 0 Å². The minimum Gasteiger partial charge on any atom is -0.394 e.